The van der Waals surface area contributed by atoms with E-state index in [-0.39, 0.29) is 36.0 Å². The zero-order valence-electron chi connectivity index (χ0n) is 13.4. The predicted octanol–water partition coefficient (Wildman–Crippen LogP) is 1.00. The van der Waals surface area contributed by atoms with Crippen LogP contribution in [-0.4, -0.2) is 29.6 Å². The first kappa shape index (κ1) is 18.1. The number of hydrazine groups is 2. The molecule has 1 saturated heterocycles. The number of nitrogens with one attached hydrogen (secondary N) is 4. The van der Waals surface area contributed by atoms with Crippen molar-refractivity contribution in [2.45, 2.75) is 43.6 Å². The molecule has 3 rings (SSSR count). The van der Waals surface area contributed by atoms with Crippen molar-refractivity contribution in [1.82, 2.24) is 21.7 Å². The predicted molar refractivity (Wildman–Crippen MR) is 83.7 cm³/mol. The van der Waals surface area contributed by atoms with E-state index in [1.807, 2.05) is 0 Å². The van der Waals surface area contributed by atoms with Gasteiger partial charge in [0.1, 0.15) is 0 Å². The smallest absolute Gasteiger partial charge is 0.387 e. The van der Waals surface area contributed by atoms with E-state index in [1.54, 1.807) is 0 Å². The fourth-order valence-electron chi connectivity index (χ4n) is 3.47. The van der Waals surface area contributed by atoms with Crippen LogP contribution in [0.3, 0.4) is 0 Å². The molecular formula is C16H21F3N4O2. The number of hydrogen-bond acceptors (Lipinski definition) is 5. The Morgan fingerprint density at radius 2 is 1.96 bits per heavy atom. The zero-order valence-corrected chi connectivity index (χ0v) is 13.4. The third-order valence-electron chi connectivity index (χ3n) is 4.83. The molecule has 0 radical (unpaired) electrons. The van der Waals surface area contributed by atoms with Gasteiger partial charge < -0.3 is 10.4 Å². The minimum absolute atomic E-state index is 0.139. The molecule has 1 heterocycles. The van der Waals surface area contributed by atoms with Gasteiger partial charge in [0.25, 0.3) is 0 Å². The van der Waals surface area contributed by atoms with Crippen LogP contribution in [0.2, 0.25) is 0 Å². The van der Waals surface area contributed by atoms with Gasteiger partial charge in [-0.3, -0.25) is 4.79 Å². The summed E-state index contributed by atoms with van der Waals surface area (Å²) in [5, 5.41) is 12.7. The maximum Gasteiger partial charge on any atom is 0.416 e. The largest absolute Gasteiger partial charge is 0.416 e. The third-order valence-corrected chi connectivity index (χ3v) is 4.83. The molecular weight excluding hydrogens is 337 g/mol. The Labute approximate surface area is 143 Å². The number of rotatable bonds is 4. The highest BCUT2D eigenvalue weighted by Gasteiger charge is 2.37. The van der Waals surface area contributed by atoms with Crippen molar-refractivity contribution in [3.63, 3.8) is 0 Å². The van der Waals surface area contributed by atoms with Crippen LogP contribution in [0.25, 0.3) is 0 Å². The molecule has 4 unspecified atom stereocenters. The van der Waals surface area contributed by atoms with Gasteiger partial charge in [-0.1, -0.05) is 18.2 Å². The lowest BCUT2D eigenvalue weighted by Gasteiger charge is -2.29. The molecule has 9 heteroatoms. The molecule has 2 aliphatic rings. The van der Waals surface area contributed by atoms with Gasteiger partial charge in [-0.05, 0) is 30.9 Å². The van der Waals surface area contributed by atoms with Crippen LogP contribution >= 0.6 is 0 Å². The summed E-state index contributed by atoms with van der Waals surface area (Å²) < 4.78 is 39.0. The van der Waals surface area contributed by atoms with Crippen LogP contribution in [0.5, 0.6) is 0 Å². The SMILES string of the molecule is O=C(NCC(O)c1ccccc1C(F)(F)F)C1CCC2NNNC2C1. The molecule has 6 nitrogen and oxygen atoms in total. The van der Waals surface area contributed by atoms with Crippen molar-refractivity contribution in [3.05, 3.63) is 35.4 Å². The maximum atomic E-state index is 13.0. The lowest BCUT2D eigenvalue weighted by molar-refractivity contribution is -0.139. The zero-order chi connectivity index (χ0) is 18.0. The van der Waals surface area contributed by atoms with E-state index in [4.69, 9.17) is 0 Å². The van der Waals surface area contributed by atoms with Gasteiger partial charge in [0.2, 0.25) is 5.91 Å². The van der Waals surface area contributed by atoms with E-state index in [0.29, 0.717) is 12.8 Å². The number of fused-ring (bicyclic) bond motifs is 1. The van der Waals surface area contributed by atoms with Gasteiger partial charge in [-0.2, -0.15) is 18.7 Å². The molecule has 138 valence electrons. The molecule has 1 saturated carbocycles. The van der Waals surface area contributed by atoms with Crippen molar-refractivity contribution in [2.75, 3.05) is 6.54 Å². The van der Waals surface area contributed by atoms with Crippen molar-refractivity contribution >= 4 is 5.91 Å². The van der Waals surface area contributed by atoms with Gasteiger partial charge in [0.05, 0.1) is 11.7 Å². The summed E-state index contributed by atoms with van der Waals surface area (Å²) in [5.74, 6) is -0.462. The van der Waals surface area contributed by atoms with Gasteiger partial charge in [0.15, 0.2) is 0 Å². The Hall–Kier alpha value is -1.68. The average molecular weight is 358 g/mol. The van der Waals surface area contributed by atoms with E-state index >= 15 is 0 Å². The Kier molecular flexibility index (Phi) is 5.28. The van der Waals surface area contributed by atoms with E-state index in [1.165, 1.54) is 18.2 Å². The number of carbonyl (C=O) groups is 1. The average Bonchev–Trinajstić information content (AvgIpc) is 3.06. The van der Waals surface area contributed by atoms with Gasteiger partial charge in [-0.25, -0.2) is 10.9 Å². The normalized spacial score (nSPS) is 27.6. The molecule has 0 aromatic heterocycles. The highest BCUT2D eigenvalue weighted by atomic mass is 19.4. The second kappa shape index (κ2) is 7.28. The van der Waals surface area contributed by atoms with Crippen LogP contribution in [-0.2, 0) is 11.0 Å². The standard InChI is InChI=1S/C16H21F3N4O2/c17-16(18,19)11-4-2-1-3-10(11)14(24)8-20-15(25)9-5-6-12-13(7-9)22-23-21-12/h1-4,9,12-14,21-24H,5-8H2,(H,20,25). The highest BCUT2D eigenvalue weighted by molar-refractivity contribution is 5.78. The maximum absolute atomic E-state index is 13.0. The lowest BCUT2D eigenvalue weighted by atomic mass is 9.82. The first-order chi connectivity index (χ1) is 11.9. The molecule has 25 heavy (non-hydrogen) atoms. The van der Waals surface area contributed by atoms with Crippen molar-refractivity contribution in [3.8, 4) is 0 Å². The van der Waals surface area contributed by atoms with Gasteiger partial charge in [-0.15, -0.1) is 0 Å². The molecule has 2 fully saturated rings. The number of alkyl halides is 3. The molecule has 5 N–H and O–H groups in total. The molecule has 1 aromatic rings. The Bertz CT molecular complexity index is 626. The van der Waals surface area contributed by atoms with Crippen LogP contribution in [0.4, 0.5) is 13.2 Å². The minimum atomic E-state index is -4.55. The molecule has 1 aliphatic carbocycles. The third kappa shape index (κ3) is 4.12. The Balaban J connectivity index is 1.57. The topological polar surface area (TPSA) is 85.4 Å². The Morgan fingerprint density at radius 1 is 1.24 bits per heavy atom. The number of halogens is 3. The van der Waals surface area contributed by atoms with Crippen LogP contribution in [0.1, 0.15) is 36.5 Å². The molecule has 4 atom stereocenters. The molecule has 1 amide bonds. The number of amides is 1. The summed E-state index contributed by atoms with van der Waals surface area (Å²) in [6.07, 6.45) is -3.81. The van der Waals surface area contributed by atoms with E-state index in [0.717, 1.165) is 12.5 Å². The van der Waals surface area contributed by atoms with E-state index < -0.39 is 17.8 Å². The van der Waals surface area contributed by atoms with Gasteiger partial charge in [0, 0.05) is 24.5 Å². The van der Waals surface area contributed by atoms with E-state index in [2.05, 4.69) is 21.7 Å². The van der Waals surface area contributed by atoms with Gasteiger partial charge >= 0.3 is 6.18 Å². The number of carbonyl (C=O) groups excluding carboxylic acids is 1. The van der Waals surface area contributed by atoms with Crippen molar-refractivity contribution in [1.29, 1.82) is 0 Å². The first-order valence-corrected chi connectivity index (χ1v) is 8.24. The van der Waals surface area contributed by atoms with Crippen LogP contribution < -0.4 is 21.7 Å². The number of aliphatic hydroxyl groups excluding tert-OH is 1. The second-order valence-electron chi connectivity index (χ2n) is 6.48. The van der Waals surface area contributed by atoms with Crippen molar-refractivity contribution in [2.24, 2.45) is 5.92 Å². The number of benzene rings is 1. The summed E-state index contributed by atoms with van der Waals surface area (Å²) in [5.41, 5.74) is 7.83. The summed E-state index contributed by atoms with van der Waals surface area (Å²) in [4.78, 5) is 12.3. The Morgan fingerprint density at radius 3 is 2.72 bits per heavy atom. The molecule has 1 aromatic carbocycles. The van der Waals surface area contributed by atoms with Crippen LogP contribution in [0.15, 0.2) is 24.3 Å². The number of aliphatic hydroxyl groups is 1. The first-order valence-electron chi connectivity index (χ1n) is 8.24. The number of hydrogen-bond donors (Lipinski definition) is 5. The fourth-order valence-corrected chi connectivity index (χ4v) is 3.47. The second-order valence-corrected chi connectivity index (χ2v) is 6.48. The summed E-state index contributed by atoms with van der Waals surface area (Å²) in [6, 6.07) is 5.27. The summed E-state index contributed by atoms with van der Waals surface area (Å²) in [6.45, 7) is -0.250. The lowest BCUT2D eigenvalue weighted by Crippen LogP contribution is -2.44. The highest BCUT2D eigenvalue weighted by Crippen LogP contribution is 2.34. The van der Waals surface area contributed by atoms with E-state index in [9.17, 15) is 23.1 Å². The molecule has 0 spiro atoms. The monoisotopic (exact) mass is 358 g/mol. The summed E-state index contributed by atoms with van der Waals surface area (Å²) >= 11 is 0. The quantitative estimate of drug-likeness (QED) is 0.555. The van der Waals surface area contributed by atoms with Crippen LogP contribution in [0, 0.1) is 5.92 Å². The fraction of sp³-hybridized carbons (Fsp3) is 0.562. The molecule has 1 aliphatic heterocycles. The minimum Gasteiger partial charge on any atom is -0.387 e. The van der Waals surface area contributed by atoms with Crippen molar-refractivity contribution < 1.29 is 23.1 Å². The molecule has 0 bridgehead atoms. The summed E-state index contributed by atoms with van der Waals surface area (Å²) in [7, 11) is 0.